The Labute approximate surface area is 191 Å². The summed E-state index contributed by atoms with van der Waals surface area (Å²) in [5, 5.41) is 0. The molecule has 0 aromatic heterocycles. The van der Waals surface area contributed by atoms with Crippen LogP contribution in [0.4, 0.5) is 0 Å². The van der Waals surface area contributed by atoms with Gasteiger partial charge in [0, 0.05) is 23.3 Å². The van der Waals surface area contributed by atoms with E-state index in [-0.39, 0.29) is 0 Å². The summed E-state index contributed by atoms with van der Waals surface area (Å²) in [7, 11) is 1.53. The maximum absolute atomic E-state index is 12.2. The molecule has 0 aliphatic rings. The van der Waals surface area contributed by atoms with Gasteiger partial charge < -0.3 is 9.47 Å². The number of hydrogen-bond donors (Lipinski definition) is 2. The van der Waals surface area contributed by atoms with Gasteiger partial charge in [0.2, 0.25) is 0 Å². The van der Waals surface area contributed by atoms with Crippen molar-refractivity contribution >= 4 is 29.9 Å². The molecule has 0 unspecified atom stereocenters. The van der Waals surface area contributed by atoms with Crippen LogP contribution in [0, 0.1) is 0 Å². The number of para-hydroxylation sites is 1. The Bertz CT molecular complexity index is 1170. The van der Waals surface area contributed by atoms with Crippen LogP contribution in [-0.4, -0.2) is 24.9 Å². The van der Waals surface area contributed by atoms with E-state index in [9.17, 15) is 14.4 Å². The van der Waals surface area contributed by atoms with E-state index in [0.717, 1.165) is 5.56 Å². The lowest BCUT2D eigenvalue weighted by Gasteiger charge is -2.07. The monoisotopic (exact) mass is 442 g/mol. The molecule has 0 aliphatic heterocycles. The lowest BCUT2D eigenvalue weighted by atomic mass is 10.2. The van der Waals surface area contributed by atoms with Crippen LogP contribution < -0.4 is 20.3 Å². The maximum Gasteiger partial charge on any atom is 0.336 e. The highest BCUT2D eigenvalue weighted by molar-refractivity contribution is 5.98. The molecule has 0 spiro atoms. The number of esters is 1. The molecule has 0 fully saturated rings. The second-order valence-electron chi connectivity index (χ2n) is 6.71. The van der Waals surface area contributed by atoms with Gasteiger partial charge in [-0.2, -0.15) is 0 Å². The molecule has 2 N–H and O–H groups in total. The largest absolute Gasteiger partial charge is 0.497 e. The van der Waals surface area contributed by atoms with Gasteiger partial charge in [0.25, 0.3) is 11.8 Å². The SMILES string of the molecule is COc1ccc(C(=O)NNC(=O)/C=C/c2ccccc2OC(=O)/C=C/c2ccccc2)cc1. The fraction of sp³-hybridized carbons (Fsp3) is 0.0385. The number of carbonyl (C=O) groups is 3. The Morgan fingerprint density at radius 2 is 1.45 bits per heavy atom. The summed E-state index contributed by atoms with van der Waals surface area (Å²) in [6.45, 7) is 0. The van der Waals surface area contributed by atoms with Gasteiger partial charge in [-0.3, -0.25) is 20.4 Å². The molecule has 7 heteroatoms. The van der Waals surface area contributed by atoms with Gasteiger partial charge in [-0.15, -0.1) is 0 Å². The molecular formula is C26H22N2O5. The number of rotatable bonds is 7. The normalized spacial score (nSPS) is 10.7. The second kappa shape index (κ2) is 11.7. The zero-order valence-corrected chi connectivity index (χ0v) is 17.9. The van der Waals surface area contributed by atoms with Crippen molar-refractivity contribution < 1.29 is 23.9 Å². The van der Waals surface area contributed by atoms with Crippen molar-refractivity contribution in [2.75, 3.05) is 7.11 Å². The van der Waals surface area contributed by atoms with E-state index in [4.69, 9.17) is 9.47 Å². The van der Waals surface area contributed by atoms with E-state index in [1.54, 1.807) is 54.6 Å². The Morgan fingerprint density at radius 1 is 0.758 bits per heavy atom. The fourth-order valence-corrected chi connectivity index (χ4v) is 2.72. The predicted octanol–water partition coefficient (Wildman–Crippen LogP) is 3.79. The third-order valence-corrected chi connectivity index (χ3v) is 4.41. The summed E-state index contributed by atoms with van der Waals surface area (Å²) < 4.78 is 10.4. The van der Waals surface area contributed by atoms with Gasteiger partial charge in [-0.25, -0.2) is 4.79 Å². The van der Waals surface area contributed by atoms with Crippen molar-refractivity contribution in [2.24, 2.45) is 0 Å². The Kier molecular flexibility index (Phi) is 8.14. The van der Waals surface area contributed by atoms with Crippen LogP contribution in [0.2, 0.25) is 0 Å². The first-order chi connectivity index (χ1) is 16.0. The molecule has 2 amide bonds. The van der Waals surface area contributed by atoms with Crippen molar-refractivity contribution in [3.8, 4) is 11.5 Å². The quantitative estimate of drug-likeness (QED) is 0.251. The molecule has 0 bridgehead atoms. The topological polar surface area (TPSA) is 93.7 Å². The smallest absolute Gasteiger partial charge is 0.336 e. The van der Waals surface area contributed by atoms with Gasteiger partial charge in [0.15, 0.2) is 0 Å². The number of ether oxygens (including phenoxy) is 2. The predicted molar refractivity (Wildman–Crippen MR) is 125 cm³/mol. The Morgan fingerprint density at radius 3 is 2.18 bits per heavy atom. The van der Waals surface area contributed by atoms with Crippen LogP contribution in [0.25, 0.3) is 12.2 Å². The van der Waals surface area contributed by atoms with E-state index < -0.39 is 17.8 Å². The molecule has 3 rings (SSSR count). The summed E-state index contributed by atoms with van der Waals surface area (Å²) in [5.74, 6) is -0.656. The van der Waals surface area contributed by atoms with Gasteiger partial charge in [-0.05, 0) is 48.0 Å². The van der Waals surface area contributed by atoms with Crippen LogP contribution in [0.5, 0.6) is 11.5 Å². The average Bonchev–Trinajstić information content (AvgIpc) is 2.86. The summed E-state index contributed by atoms with van der Waals surface area (Å²) >= 11 is 0. The minimum absolute atomic E-state index is 0.298. The van der Waals surface area contributed by atoms with Crippen LogP contribution in [0.1, 0.15) is 21.5 Å². The lowest BCUT2D eigenvalue weighted by Crippen LogP contribution is -2.40. The zero-order chi connectivity index (χ0) is 23.5. The average molecular weight is 442 g/mol. The zero-order valence-electron chi connectivity index (χ0n) is 17.9. The number of hydrogen-bond acceptors (Lipinski definition) is 5. The molecule has 0 saturated carbocycles. The van der Waals surface area contributed by atoms with E-state index in [1.165, 1.54) is 25.3 Å². The van der Waals surface area contributed by atoms with Crippen molar-refractivity contribution in [3.63, 3.8) is 0 Å². The number of hydrazine groups is 1. The molecule has 33 heavy (non-hydrogen) atoms. The highest BCUT2D eigenvalue weighted by atomic mass is 16.5. The molecule has 0 atom stereocenters. The number of nitrogens with one attached hydrogen (secondary N) is 2. The molecule has 0 heterocycles. The third kappa shape index (κ3) is 7.22. The van der Waals surface area contributed by atoms with E-state index in [2.05, 4.69) is 10.9 Å². The van der Waals surface area contributed by atoms with E-state index in [0.29, 0.717) is 22.6 Å². The number of benzene rings is 3. The Hall–Kier alpha value is -4.65. The third-order valence-electron chi connectivity index (χ3n) is 4.41. The number of carbonyl (C=O) groups excluding carboxylic acids is 3. The van der Waals surface area contributed by atoms with E-state index in [1.807, 2.05) is 30.3 Å². The molecule has 3 aromatic carbocycles. The highest BCUT2D eigenvalue weighted by Gasteiger charge is 2.08. The van der Waals surface area contributed by atoms with Crippen molar-refractivity contribution in [3.05, 3.63) is 108 Å². The molecule has 0 radical (unpaired) electrons. The highest BCUT2D eigenvalue weighted by Crippen LogP contribution is 2.20. The summed E-state index contributed by atoms with van der Waals surface area (Å²) in [6, 6.07) is 22.6. The molecule has 0 aliphatic carbocycles. The van der Waals surface area contributed by atoms with Gasteiger partial charge in [0.05, 0.1) is 7.11 Å². The van der Waals surface area contributed by atoms with Crippen molar-refractivity contribution in [1.82, 2.24) is 10.9 Å². The minimum Gasteiger partial charge on any atom is -0.497 e. The molecule has 166 valence electrons. The molecular weight excluding hydrogens is 420 g/mol. The summed E-state index contributed by atoms with van der Waals surface area (Å²) in [5.41, 5.74) is 6.39. The molecule has 3 aromatic rings. The maximum atomic E-state index is 12.2. The summed E-state index contributed by atoms with van der Waals surface area (Å²) in [6.07, 6.45) is 5.69. The van der Waals surface area contributed by atoms with Crippen LogP contribution in [0.15, 0.2) is 91.0 Å². The molecule has 0 saturated heterocycles. The van der Waals surface area contributed by atoms with Crippen molar-refractivity contribution in [2.45, 2.75) is 0 Å². The van der Waals surface area contributed by atoms with Gasteiger partial charge >= 0.3 is 5.97 Å². The molecule has 7 nitrogen and oxygen atoms in total. The van der Waals surface area contributed by atoms with Gasteiger partial charge in [0.1, 0.15) is 11.5 Å². The number of amides is 2. The first-order valence-corrected chi connectivity index (χ1v) is 10.0. The first-order valence-electron chi connectivity index (χ1n) is 10.0. The number of methoxy groups -OCH3 is 1. The van der Waals surface area contributed by atoms with E-state index >= 15 is 0 Å². The van der Waals surface area contributed by atoms with Crippen LogP contribution in [-0.2, 0) is 9.59 Å². The first kappa shape index (κ1) is 23.0. The van der Waals surface area contributed by atoms with Gasteiger partial charge in [-0.1, -0.05) is 48.5 Å². The van der Waals surface area contributed by atoms with Crippen LogP contribution >= 0.6 is 0 Å². The lowest BCUT2D eigenvalue weighted by molar-refractivity contribution is -0.128. The standard InChI is InChI=1S/C26H22N2O5/c1-32-22-15-12-21(13-16-22)26(31)28-27-24(29)17-14-20-9-5-6-10-23(20)33-25(30)18-11-19-7-3-2-4-8-19/h2-18H,1H3,(H,27,29)(H,28,31)/b17-14+,18-11+. The van der Waals surface area contributed by atoms with Crippen LogP contribution in [0.3, 0.4) is 0 Å². The minimum atomic E-state index is -0.554. The Balaban J connectivity index is 1.56. The second-order valence-corrected chi connectivity index (χ2v) is 6.71. The summed E-state index contributed by atoms with van der Waals surface area (Å²) in [4.78, 5) is 36.4. The van der Waals surface area contributed by atoms with Crippen molar-refractivity contribution in [1.29, 1.82) is 0 Å². The fourth-order valence-electron chi connectivity index (χ4n) is 2.72.